The molecule has 20 heavy (non-hydrogen) atoms. The Morgan fingerprint density at radius 2 is 1.90 bits per heavy atom. The van der Waals surface area contributed by atoms with Crippen molar-refractivity contribution < 1.29 is 14.4 Å². The normalized spacial score (nSPS) is 11.3. The van der Waals surface area contributed by atoms with Crippen LogP contribution in [0.3, 0.4) is 0 Å². The Hall–Kier alpha value is -1.85. The van der Waals surface area contributed by atoms with E-state index in [1.54, 1.807) is 11.1 Å². The van der Waals surface area contributed by atoms with Crippen LogP contribution in [0.1, 0.15) is 18.1 Å². The van der Waals surface area contributed by atoms with E-state index in [1.165, 1.54) is 14.2 Å². The average molecular weight is 278 g/mol. The number of ether oxygens (including phenoxy) is 1. The smallest absolute Gasteiger partial charge is 0.257 e. The average Bonchev–Trinajstić information content (AvgIpc) is 2.37. The largest absolute Gasteiger partial charge is 0.375 e. The molecule has 0 aliphatic carbocycles. The standard InChI is InChI=1S/C15H22N2O3/c1-11-7-6-8-12(2)15(11)17(14(18)10-19-4)9-13(3)16-20-5/h6-9,16H,10H2,1-5H3. The van der Waals surface area contributed by atoms with Gasteiger partial charge in [0.1, 0.15) is 6.61 Å². The first-order chi connectivity index (χ1) is 9.51. The van der Waals surface area contributed by atoms with Crippen molar-refractivity contribution in [3.63, 3.8) is 0 Å². The van der Waals surface area contributed by atoms with E-state index in [1.807, 2.05) is 39.0 Å². The summed E-state index contributed by atoms with van der Waals surface area (Å²) in [4.78, 5) is 18.7. The summed E-state index contributed by atoms with van der Waals surface area (Å²) in [6.45, 7) is 5.79. The van der Waals surface area contributed by atoms with Gasteiger partial charge in [-0.05, 0) is 31.9 Å². The summed E-state index contributed by atoms with van der Waals surface area (Å²) in [6.07, 6.45) is 1.71. The van der Waals surface area contributed by atoms with Gasteiger partial charge in [-0.15, -0.1) is 0 Å². The highest BCUT2D eigenvalue weighted by Gasteiger charge is 2.17. The summed E-state index contributed by atoms with van der Waals surface area (Å²) in [7, 11) is 3.03. The van der Waals surface area contributed by atoms with Crippen LogP contribution in [0.15, 0.2) is 30.1 Å². The number of carbonyl (C=O) groups is 1. The summed E-state index contributed by atoms with van der Waals surface area (Å²) in [5, 5.41) is 0. The molecule has 0 aromatic heterocycles. The number of hydrogen-bond donors (Lipinski definition) is 1. The fraction of sp³-hybridized carbons (Fsp3) is 0.400. The zero-order valence-corrected chi connectivity index (χ0v) is 12.7. The molecule has 0 spiro atoms. The number of aryl methyl sites for hydroxylation is 2. The number of hydrogen-bond acceptors (Lipinski definition) is 4. The molecule has 1 N–H and O–H groups in total. The van der Waals surface area contributed by atoms with Crippen LogP contribution in [0.2, 0.25) is 0 Å². The molecule has 1 aromatic carbocycles. The highest BCUT2D eigenvalue weighted by Crippen LogP contribution is 2.25. The van der Waals surface area contributed by atoms with E-state index < -0.39 is 0 Å². The first-order valence-corrected chi connectivity index (χ1v) is 6.36. The van der Waals surface area contributed by atoms with Crippen LogP contribution in [0.5, 0.6) is 0 Å². The summed E-state index contributed by atoms with van der Waals surface area (Å²) in [5.74, 6) is -0.137. The first kappa shape index (κ1) is 16.2. The van der Waals surface area contributed by atoms with Crippen LogP contribution in [0.4, 0.5) is 5.69 Å². The van der Waals surface area contributed by atoms with Crippen LogP contribution >= 0.6 is 0 Å². The first-order valence-electron chi connectivity index (χ1n) is 6.36. The van der Waals surface area contributed by atoms with Gasteiger partial charge in [0.05, 0.1) is 18.5 Å². The highest BCUT2D eigenvalue weighted by molar-refractivity contribution is 5.97. The fourth-order valence-corrected chi connectivity index (χ4v) is 2.02. The molecule has 0 unspecified atom stereocenters. The molecule has 0 atom stereocenters. The van der Waals surface area contributed by atoms with Crippen molar-refractivity contribution in [2.75, 3.05) is 25.7 Å². The van der Waals surface area contributed by atoms with Gasteiger partial charge in [0.25, 0.3) is 5.91 Å². The number of benzene rings is 1. The Bertz CT molecular complexity index is 478. The van der Waals surface area contributed by atoms with Gasteiger partial charge in [0.2, 0.25) is 0 Å². The number of carbonyl (C=O) groups excluding carboxylic acids is 1. The zero-order valence-electron chi connectivity index (χ0n) is 12.7. The monoisotopic (exact) mass is 278 g/mol. The van der Waals surface area contributed by atoms with Crippen molar-refractivity contribution >= 4 is 11.6 Å². The molecule has 1 amide bonds. The van der Waals surface area contributed by atoms with E-state index in [0.717, 1.165) is 22.5 Å². The molecule has 0 radical (unpaired) electrons. The minimum Gasteiger partial charge on any atom is -0.375 e. The molecule has 5 heteroatoms. The second-order valence-electron chi connectivity index (χ2n) is 4.56. The Kier molecular flexibility index (Phi) is 6.21. The minimum absolute atomic E-state index is 0.0184. The Balaban J connectivity index is 3.23. The SMILES string of the molecule is COCC(=O)N(C=C(C)NOC)c1c(C)cccc1C. The fourth-order valence-electron chi connectivity index (χ4n) is 2.02. The van der Waals surface area contributed by atoms with Gasteiger partial charge in [-0.2, -0.15) is 0 Å². The number of amides is 1. The molecular weight excluding hydrogens is 256 g/mol. The van der Waals surface area contributed by atoms with Crippen LogP contribution < -0.4 is 10.4 Å². The predicted molar refractivity (Wildman–Crippen MR) is 79.2 cm³/mol. The van der Waals surface area contributed by atoms with Crippen LogP contribution in [0.25, 0.3) is 0 Å². The number of allylic oxidation sites excluding steroid dienone is 1. The summed E-state index contributed by atoms with van der Waals surface area (Å²) < 4.78 is 4.96. The van der Waals surface area contributed by atoms with E-state index in [2.05, 4.69) is 5.48 Å². The molecule has 5 nitrogen and oxygen atoms in total. The summed E-state index contributed by atoms with van der Waals surface area (Å²) >= 11 is 0. The molecular formula is C15H22N2O3. The highest BCUT2D eigenvalue weighted by atomic mass is 16.6. The van der Waals surface area contributed by atoms with Crippen LogP contribution in [0, 0.1) is 13.8 Å². The molecule has 1 rings (SSSR count). The van der Waals surface area contributed by atoms with Crippen molar-refractivity contribution in [3.8, 4) is 0 Å². The Morgan fingerprint density at radius 3 is 2.40 bits per heavy atom. The number of methoxy groups -OCH3 is 1. The third-order valence-electron chi connectivity index (χ3n) is 2.80. The van der Waals surface area contributed by atoms with Crippen molar-refractivity contribution in [2.45, 2.75) is 20.8 Å². The van der Waals surface area contributed by atoms with Gasteiger partial charge in [-0.1, -0.05) is 18.2 Å². The lowest BCUT2D eigenvalue weighted by Gasteiger charge is -2.23. The van der Waals surface area contributed by atoms with E-state index in [9.17, 15) is 4.79 Å². The lowest BCUT2D eigenvalue weighted by atomic mass is 10.1. The van der Waals surface area contributed by atoms with Gasteiger partial charge < -0.3 is 4.74 Å². The molecule has 0 saturated carbocycles. The zero-order chi connectivity index (χ0) is 15.1. The van der Waals surface area contributed by atoms with Crippen molar-refractivity contribution in [2.24, 2.45) is 0 Å². The number of nitrogens with one attached hydrogen (secondary N) is 1. The Morgan fingerprint density at radius 1 is 1.30 bits per heavy atom. The Labute approximate surface area is 120 Å². The van der Waals surface area contributed by atoms with Crippen molar-refractivity contribution in [3.05, 3.63) is 41.2 Å². The molecule has 0 aliphatic heterocycles. The number of rotatable bonds is 6. The minimum atomic E-state index is -0.137. The van der Waals surface area contributed by atoms with Crippen molar-refractivity contribution in [1.29, 1.82) is 0 Å². The number of nitrogens with zero attached hydrogens (tertiary/aromatic N) is 1. The predicted octanol–water partition coefficient (Wildman–Crippen LogP) is 2.30. The molecule has 1 aromatic rings. The second-order valence-corrected chi connectivity index (χ2v) is 4.56. The molecule has 0 saturated heterocycles. The van der Waals surface area contributed by atoms with Gasteiger partial charge in [-0.25, -0.2) is 0 Å². The lowest BCUT2D eigenvalue weighted by molar-refractivity contribution is -0.121. The quantitative estimate of drug-likeness (QED) is 0.811. The summed E-state index contributed by atoms with van der Waals surface area (Å²) in [5.41, 5.74) is 6.35. The number of hydroxylamine groups is 1. The molecule has 0 aliphatic rings. The topological polar surface area (TPSA) is 50.8 Å². The van der Waals surface area contributed by atoms with E-state index in [0.29, 0.717) is 0 Å². The van der Waals surface area contributed by atoms with Gasteiger partial charge >= 0.3 is 0 Å². The molecule has 0 heterocycles. The van der Waals surface area contributed by atoms with E-state index in [4.69, 9.17) is 9.57 Å². The van der Waals surface area contributed by atoms with Crippen LogP contribution in [-0.2, 0) is 14.4 Å². The third-order valence-corrected chi connectivity index (χ3v) is 2.80. The number of para-hydroxylation sites is 1. The van der Waals surface area contributed by atoms with E-state index >= 15 is 0 Å². The van der Waals surface area contributed by atoms with Gasteiger partial charge in [0, 0.05) is 13.3 Å². The molecule has 110 valence electrons. The second kappa shape index (κ2) is 7.67. The lowest BCUT2D eigenvalue weighted by Crippen LogP contribution is -2.31. The van der Waals surface area contributed by atoms with Crippen molar-refractivity contribution in [1.82, 2.24) is 5.48 Å². The molecule has 0 bridgehead atoms. The van der Waals surface area contributed by atoms with Crippen LogP contribution in [-0.4, -0.2) is 26.7 Å². The number of anilines is 1. The summed E-state index contributed by atoms with van der Waals surface area (Å²) in [6, 6.07) is 5.92. The molecule has 0 fully saturated rings. The van der Waals surface area contributed by atoms with E-state index in [-0.39, 0.29) is 12.5 Å². The maximum Gasteiger partial charge on any atom is 0.257 e. The van der Waals surface area contributed by atoms with Gasteiger partial charge in [-0.3, -0.25) is 20.0 Å². The van der Waals surface area contributed by atoms with Gasteiger partial charge in [0.15, 0.2) is 0 Å². The maximum absolute atomic E-state index is 12.3. The third kappa shape index (κ3) is 4.08. The maximum atomic E-state index is 12.3.